The first-order valence-electron chi connectivity index (χ1n) is 6.61. The van der Waals surface area contributed by atoms with Crippen LogP contribution in [0.25, 0.3) is 0 Å². The molecule has 0 amide bonds. The van der Waals surface area contributed by atoms with E-state index in [-0.39, 0.29) is 5.78 Å². The van der Waals surface area contributed by atoms with Crippen molar-refractivity contribution in [3.63, 3.8) is 0 Å². The van der Waals surface area contributed by atoms with E-state index in [1.54, 1.807) is 12.1 Å². The molecule has 0 saturated carbocycles. The number of hydrogen-bond acceptors (Lipinski definition) is 2. The molecule has 0 bridgehead atoms. The molecule has 110 valence electrons. The molecule has 0 radical (unpaired) electrons. The summed E-state index contributed by atoms with van der Waals surface area (Å²) in [6.07, 6.45) is 0. The number of halogens is 2. The molecular weight excluding hydrogens is 307 g/mol. The number of carbonyl (C=O) groups is 1. The van der Waals surface area contributed by atoms with Gasteiger partial charge in [-0.25, -0.2) is 0 Å². The fourth-order valence-electron chi connectivity index (χ4n) is 2.03. The second-order valence-corrected chi connectivity index (χ2v) is 5.89. The van der Waals surface area contributed by atoms with Crippen molar-refractivity contribution in [1.29, 1.82) is 0 Å². The predicted octanol–water partition coefficient (Wildman–Crippen LogP) is 5.36. The van der Waals surface area contributed by atoms with Gasteiger partial charge in [0.05, 0.1) is 17.2 Å². The molecule has 0 heterocycles. The van der Waals surface area contributed by atoms with E-state index in [0.29, 0.717) is 32.8 Å². The molecular formula is C17H16Cl2O2. The summed E-state index contributed by atoms with van der Waals surface area (Å²) in [7, 11) is 1.50. The number of methoxy groups -OCH3 is 1. The monoisotopic (exact) mass is 322 g/mol. The Morgan fingerprint density at radius 2 is 1.67 bits per heavy atom. The zero-order valence-electron chi connectivity index (χ0n) is 12.1. The first kappa shape index (κ1) is 15.9. The molecule has 2 rings (SSSR count). The Kier molecular flexibility index (Phi) is 4.92. The third-order valence-electron chi connectivity index (χ3n) is 3.33. The second-order valence-electron chi connectivity index (χ2n) is 5.07. The molecule has 0 unspecified atom stereocenters. The Labute approximate surface area is 134 Å². The largest absolute Gasteiger partial charge is 0.495 e. The van der Waals surface area contributed by atoms with Crippen molar-refractivity contribution >= 4 is 29.0 Å². The van der Waals surface area contributed by atoms with Crippen molar-refractivity contribution in [2.75, 3.05) is 7.11 Å². The minimum absolute atomic E-state index is 0.153. The zero-order chi connectivity index (χ0) is 15.6. The predicted molar refractivity (Wildman–Crippen MR) is 87.0 cm³/mol. The van der Waals surface area contributed by atoms with Crippen LogP contribution in [0.3, 0.4) is 0 Å². The van der Waals surface area contributed by atoms with Gasteiger partial charge in [-0.3, -0.25) is 4.79 Å². The SMILES string of the molecule is COc1cc(Cl)c(C(=O)c2ccc(C(C)C)cc2)cc1Cl. The van der Waals surface area contributed by atoms with Crippen LogP contribution in [-0.4, -0.2) is 12.9 Å². The molecule has 0 N–H and O–H groups in total. The van der Waals surface area contributed by atoms with Crippen LogP contribution in [0, 0.1) is 0 Å². The lowest BCUT2D eigenvalue weighted by atomic mass is 9.98. The molecule has 2 aromatic rings. The fraction of sp³-hybridized carbons (Fsp3) is 0.235. The lowest BCUT2D eigenvalue weighted by molar-refractivity contribution is 0.103. The maximum Gasteiger partial charge on any atom is 0.194 e. The van der Waals surface area contributed by atoms with Crippen LogP contribution in [0.15, 0.2) is 36.4 Å². The first-order valence-corrected chi connectivity index (χ1v) is 7.37. The van der Waals surface area contributed by atoms with Gasteiger partial charge in [-0.1, -0.05) is 61.3 Å². The Bertz CT molecular complexity index is 661. The Morgan fingerprint density at radius 3 is 2.19 bits per heavy atom. The van der Waals surface area contributed by atoms with Gasteiger partial charge >= 0.3 is 0 Å². The number of ketones is 1. The van der Waals surface area contributed by atoms with E-state index in [1.807, 2.05) is 24.3 Å². The van der Waals surface area contributed by atoms with Crippen molar-refractivity contribution in [3.8, 4) is 5.75 Å². The molecule has 0 spiro atoms. The quantitative estimate of drug-likeness (QED) is 0.708. The summed E-state index contributed by atoms with van der Waals surface area (Å²) < 4.78 is 5.08. The van der Waals surface area contributed by atoms with E-state index in [1.165, 1.54) is 12.7 Å². The van der Waals surface area contributed by atoms with Crippen molar-refractivity contribution in [2.24, 2.45) is 0 Å². The van der Waals surface area contributed by atoms with Gasteiger partial charge in [0, 0.05) is 17.2 Å². The summed E-state index contributed by atoms with van der Waals surface area (Å²) in [5.74, 6) is 0.724. The maximum absolute atomic E-state index is 12.5. The highest BCUT2D eigenvalue weighted by molar-refractivity contribution is 6.37. The summed E-state index contributed by atoms with van der Waals surface area (Å²) in [5.41, 5.74) is 2.15. The van der Waals surface area contributed by atoms with Gasteiger partial charge in [0.25, 0.3) is 0 Å². The highest BCUT2D eigenvalue weighted by Gasteiger charge is 2.16. The van der Waals surface area contributed by atoms with Crippen molar-refractivity contribution in [2.45, 2.75) is 19.8 Å². The number of ether oxygens (including phenoxy) is 1. The molecule has 0 aliphatic rings. The number of hydrogen-bond donors (Lipinski definition) is 0. The summed E-state index contributed by atoms with van der Waals surface area (Å²) in [6.45, 7) is 4.22. The lowest BCUT2D eigenvalue weighted by Gasteiger charge is -2.09. The van der Waals surface area contributed by atoms with Crippen LogP contribution in [0.4, 0.5) is 0 Å². The van der Waals surface area contributed by atoms with Crippen LogP contribution in [0.5, 0.6) is 5.75 Å². The normalized spacial score (nSPS) is 10.8. The Morgan fingerprint density at radius 1 is 1.05 bits per heavy atom. The molecule has 0 aliphatic heterocycles. The summed E-state index contributed by atoms with van der Waals surface area (Å²) in [4.78, 5) is 12.5. The van der Waals surface area contributed by atoms with Gasteiger partial charge in [0.1, 0.15) is 5.75 Å². The average Bonchev–Trinajstić information content (AvgIpc) is 2.48. The van der Waals surface area contributed by atoms with Gasteiger partial charge in [-0.2, -0.15) is 0 Å². The van der Waals surface area contributed by atoms with Crippen LogP contribution < -0.4 is 4.74 Å². The molecule has 2 aromatic carbocycles. The molecule has 0 saturated heterocycles. The molecule has 0 atom stereocenters. The van der Waals surface area contributed by atoms with E-state index in [4.69, 9.17) is 27.9 Å². The van der Waals surface area contributed by atoms with E-state index in [2.05, 4.69) is 13.8 Å². The van der Waals surface area contributed by atoms with E-state index < -0.39 is 0 Å². The van der Waals surface area contributed by atoms with Gasteiger partial charge < -0.3 is 4.74 Å². The highest BCUT2D eigenvalue weighted by Crippen LogP contribution is 2.32. The number of rotatable bonds is 4. The molecule has 0 aromatic heterocycles. The number of carbonyl (C=O) groups excluding carboxylic acids is 1. The zero-order valence-corrected chi connectivity index (χ0v) is 13.6. The van der Waals surface area contributed by atoms with E-state index in [0.717, 1.165) is 0 Å². The van der Waals surface area contributed by atoms with Gasteiger partial charge in [-0.15, -0.1) is 0 Å². The highest BCUT2D eigenvalue weighted by atomic mass is 35.5. The average molecular weight is 323 g/mol. The molecule has 2 nitrogen and oxygen atoms in total. The second kappa shape index (κ2) is 6.50. The lowest BCUT2D eigenvalue weighted by Crippen LogP contribution is -2.03. The van der Waals surface area contributed by atoms with Crippen LogP contribution in [0.1, 0.15) is 41.3 Å². The third kappa shape index (κ3) is 3.39. The first-order chi connectivity index (χ1) is 9.93. The van der Waals surface area contributed by atoms with Gasteiger partial charge in [0.15, 0.2) is 5.78 Å². The summed E-state index contributed by atoms with van der Waals surface area (Å²) in [6, 6.07) is 10.6. The third-order valence-corrected chi connectivity index (χ3v) is 3.93. The Balaban J connectivity index is 2.38. The Hall–Kier alpha value is -1.51. The van der Waals surface area contributed by atoms with E-state index >= 15 is 0 Å². The topological polar surface area (TPSA) is 26.3 Å². The van der Waals surface area contributed by atoms with Crippen molar-refractivity contribution < 1.29 is 9.53 Å². The maximum atomic E-state index is 12.5. The summed E-state index contributed by atoms with van der Waals surface area (Å²) in [5, 5.41) is 0.693. The van der Waals surface area contributed by atoms with Crippen LogP contribution in [-0.2, 0) is 0 Å². The van der Waals surface area contributed by atoms with Gasteiger partial charge in [-0.05, 0) is 17.5 Å². The van der Waals surface area contributed by atoms with Crippen molar-refractivity contribution in [3.05, 3.63) is 63.1 Å². The number of benzene rings is 2. The smallest absolute Gasteiger partial charge is 0.194 e. The molecule has 4 heteroatoms. The minimum atomic E-state index is -0.153. The molecule has 21 heavy (non-hydrogen) atoms. The standard InChI is InChI=1S/C17H16Cl2O2/c1-10(2)11-4-6-12(7-5-11)17(20)13-8-15(19)16(21-3)9-14(13)18/h4-10H,1-3H3. The van der Waals surface area contributed by atoms with Crippen molar-refractivity contribution in [1.82, 2.24) is 0 Å². The van der Waals surface area contributed by atoms with Crippen LogP contribution in [0.2, 0.25) is 10.0 Å². The van der Waals surface area contributed by atoms with Crippen LogP contribution >= 0.6 is 23.2 Å². The summed E-state index contributed by atoms with van der Waals surface area (Å²) >= 11 is 12.2. The minimum Gasteiger partial charge on any atom is -0.495 e. The van der Waals surface area contributed by atoms with E-state index in [9.17, 15) is 4.79 Å². The molecule has 0 aliphatic carbocycles. The van der Waals surface area contributed by atoms with Gasteiger partial charge in [0.2, 0.25) is 0 Å². The fourth-order valence-corrected chi connectivity index (χ4v) is 2.51. The molecule has 0 fully saturated rings.